The Balaban J connectivity index is 2.27. The van der Waals surface area contributed by atoms with Crippen LogP contribution in [0.25, 0.3) is 10.6 Å². The van der Waals surface area contributed by atoms with E-state index in [-0.39, 0.29) is 0 Å². The van der Waals surface area contributed by atoms with Crippen LogP contribution in [0.1, 0.15) is 25.5 Å². The van der Waals surface area contributed by atoms with Gasteiger partial charge in [0.05, 0.1) is 5.69 Å². The van der Waals surface area contributed by atoms with E-state index >= 15 is 0 Å². The maximum Gasteiger partial charge on any atom is 0.123 e. The molecule has 1 aromatic carbocycles. The molecule has 0 radical (unpaired) electrons. The number of hydrogen-bond acceptors (Lipinski definition) is 3. The van der Waals surface area contributed by atoms with Crippen LogP contribution < -0.4 is 5.73 Å². The first-order valence-electron chi connectivity index (χ1n) is 6.03. The third-order valence-electron chi connectivity index (χ3n) is 3.05. The zero-order valence-corrected chi connectivity index (χ0v) is 13.0. The first-order valence-corrected chi connectivity index (χ1v) is 7.70. The van der Waals surface area contributed by atoms with Gasteiger partial charge in [-0.05, 0) is 18.1 Å². The Bertz CT molecular complexity index is 505. The van der Waals surface area contributed by atoms with Crippen molar-refractivity contribution >= 4 is 27.3 Å². The minimum absolute atomic E-state index is 0.352. The lowest BCUT2D eigenvalue weighted by atomic mass is 9.93. The largest absolute Gasteiger partial charge is 0.330 e. The molecule has 0 amide bonds. The maximum absolute atomic E-state index is 5.83. The van der Waals surface area contributed by atoms with Gasteiger partial charge in [0.15, 0.2) is 0 Å². The molecule has 2 rings (SSSR count). The summed E-state index contributed by atoms with van der Waals surface area (Å²) < 4.78 is 1.09. The maximum atomic E-state index is 5.83. The van der Waals surface area contributed by atoms with Gasteiger partial charge >= 0.3 is 0 Å². The molecule has 0 bridgehead atoms. The minimum atomic E-state index is 0.352. The molecular formula is C14H17BrN2S. The Morgan fingerprint density at radius 2 is 1.94 bits per heavy atom. The molecule has 2 nitrogen and oxygen atoms in total. The van der Waals surface area contributed by atoms with E-state index in [0.29, 0.717) is 18.4 Å². The van der Waals surface area contributed by atoms with Crippen LogP contribution >= 0.6 is 27.3 Å². The number of halogens is 1. The van der Waals surface area contributed by atoms with Crippen LogP contribution in [-0.4, -0.2) is 11.5 Å². The third kappa shape index (κ3) is 2.99. The molecule has 1 unspecified atom stereocenters. The van der Waals surface area contributed by atoms with Crippen molar-refractivity contribution in [3.8, 4) is 10.6 Å². The van der Waals surface area contributed by atoms with Gasteiger partial charge in [-0.15, -0.1) is 11.3 Å². The van der Waals surface area contributed by atoms with Gasteiger partial charge in [0.2, 0.25) is 0 Å². The van der Waals surface area contributed by atoms with Crippen LogP contribution in [0, 0.1) is 5.92 Å². The zero-order chi connectivity index (χ0) is 13.1. The SMILES string of the molecule is CC(C)C(CN)c1csc(-c2ccc(Br)cc2)n1. The fourth-order valence-electron chi connectivity index (χ4n) is 1.92. The summed E-state index contributed by atoms with van der Waals surface area (Å²) in [4.78, 5) is 4.73. The number of nitrogens with two attached hydrogens (primary N) is 1. The molecular weight excluding hydrogens is 308 g/mol. The molecule has 1 atom stereocenters. The van der Waals surface area contributed by atoms with Crippen molar-refractivity contribution in [2.45, 2.75) is 19.8 Å². The van der Waals surface area contributed by atoms with E-state index < -0.39 is 0 Å². The quantitative estimate of drug-likeness (QED) is 0.912. The lowest BCUT2D eigenvalue weighted by Gasteiger charge is -2.15. The molecule has 0 aliphatic heterocycles. The molecule has 18 heavy (non-hydrogen) atoms. The average Bonchev–Trinajstić information content (AvgIpc) is 2.80. The van der Waals surface area contributed by atoms with Gasteiger partial charge in [0.1, 0.15) is 5.01 Å². The first-order chi connectivity index (χ1) is 8.61. The van der Waals surface area contributed by atoms with Crippen molar-refractivity contribution < 1.29 is 0 Å². The molecule has 2 aromatic rings. The van der Waals surface area contributed by atoms with E-state index in [1.807, 2.05) is 12.1 Å². The van der Waals surface area contributed by atoms with Crippen LogP contribution in [0.15, 0.2) is 34.1 Å². The number of hydrogen-bond donors (Lipinski definition) is 1. The van der Waals surface area contributed by atoms with Crippen LogP contribution in [0.3, 0.4) is 0 Å². The molecule has 1 aromatic heterocycles. The third-order valence-corrected chi connectivity index (χ3v) is 4.49. The smallest absolute Gasteiger partial charge is 0.123 e. The lowest BCUT2D eigenvalue weighted by molar-refractivity contribution is 0.498. The summed E-state index contributed by atoms with van der Waals surface area (Å²) in [5.41, 5.74) is 8.11. The fourth-order valence-corrected chi connectivity index (χ4v) is 3.07. The summed E-state index contributed by atoms with van der Waals surface area (Å²) in [5, 5.41) is 3.20. The predicted octanol–water partition coefficient (Wildman–Crippen LogP) is 4.27. The second kappa shape index (κ2) is 5.95. The van der Waals surface area contributed by atoms with Crippen molar-refractivity contribution in [2.75, 3.05) is 6.54 Å². The molecule has 0 aliphatic carbocycles. The van der Waals surface area contributed by atoms with Crippen LogP contribution in [0.2, 0.25) is 0 Å². The Hall–Kier alpha value is -0.710. The standard InChI is InChI=1S/C14H17BrN2S/c1-9(2)12(7-16)13-8-18-14(17-13)10-3-5-11(15)6-4-10/h3-6,8-9,12H,7,16H2,1-2H3. The molecule has 0 saturated heterocycles. The topological polar surface area (TPSA) is 38.9 Å². The predicted molar refractivity (Wildman–Crippen MR) is 81.9 cm³/mol. The van der Waals surface area contributed by atoms with Gasteiger partial charge in [0.25, 0.3) is 0 Å². The highest BCUT2D eigenvalue weighted by atomic mass is 79.9. The normalized spacial score (nSPS) is 12.9. The highest BCUT2D eigenvalue weighted by molar-refractivity contribution is 9.10. The Morgan fingerprint density at radius 1 is 1.28 bits per heavy atom. The number of rotatable bonds is 4. The molecule has 0 fully saturated rings. The van der Waals surface area contributed by atoms with E-state index in [1.54, 1.807) is 11.3 Å². The van der Waals surface area contributed by atoms with Crippen molar-refractivity contribution in [3.63, 3.8) is 0 Å². The summed E-state index contributed by atoms with van der Waals surface area (Å²) in [6.45, 7) is 5.04. The molecule has 1 heterocycles. The van der Waals surface area contributed by atoms with Crippen molar-refractivity contribution in [1.29, 1.82) is 0 Å². The second-order valence-electron chi connectivity index (χ2n) is 4.67. The van der Waals surface area contributed by atoms with Crippen LogP contribution in [0.5, 0.6) is 0 Å². The molecule has 2 N–H and O–H groups in total. The summed E-state index contributed by atoms with van der Waals surface area (Å²) in [6.07, 6.45) is 0. The van der Waals surface area contributed by atoms with Crippen molar-refractivity contribution in [2.24, 2.45) is 11.7 Å². The highest BCUT2D eigenvalue weighted by Gasteiger charge is 2.17. The number of benzene rings is 1. The van der Waals surface area contributed by atoms with Gasteiger partial charge in [-0.25, -0.2) is 4.98 Å². The molecule has 4 heteroatoms. The zero-order valence-electron chi connectivity index (χ0n) is 10.6. The minimum Gasteiger partial charge on any atom is -0.330 e. The summed E-state index contributed by atoms with van der Waals surface area (Å²) in [6, 6.07) is 8.25. The molecule has 0 spiro atoms. The molecule has 0 saturated carbocycles. The van der Waals surface area contributed by atoms with Gasteiger partial charge in [0, 0.05) is 27.9 Å². The van der Waals surface area contributed by atoms with E-state index in [2.05, 4.69) is 47.3 Å². The number of aromatic nitrogens is 1. The van der Waals surface area contributed by atoms with E-state index in [0.717, 1.165) is 20.7 Å². The van der Waals surface area contributed by atoms with E-state index in [1.165, 1.54) is 0 Å². The van der Waals surface area contributed by atoms with Gasteiger partial charge in [-0.2, -0.15) is 0 Å². The van der Waals surface area contributed by atoms with Crippen molar-refractivity contribution in [1.82, 2.24) is 4.98 Å². The summed E-state index contributed by atoms with van der Waals surface area (Å²) in [7, 11) is 0. The van der Waals surface area contributed by atoms with Crippen LogP contribution in [-0.2, 0) is 0 Å². The summed E-state index contributed by atoms with van der Waals surface area (Å²) >= 11 is 5.13. The van der Waals surface area contributed by atoms with Gasteiger partial charge in [-0.3, -0.25) is 0 Å². The Labute approximate surface area is 120 Å². The van der Waals surface area contributed by atoms with E-state index in [9.17, 15) is 0 Å². The Morgan fingerprint density at radius 3 is 2.50 bits per heavy atom. The highest BCUT2D eigenvalue weighted by Crippen LogP contribution is 2.30. The Kier molecular flexibility index (Phi) is 4.54. The summed E-state index contributed by atoms with van der Waals surface area (Å²) in [5.74, 6) is 0.875. The number of thiazole rings is 1. The second-order valence-corrected chi connectivity index (χ2v) is 6.44. The molecule has 96 valence electrons. The molecule has 0 aliphatic rings. The van der Waals surface area contributed by atoms with Crippen LogP contribution in [0.4, 0.5) is 0 Å². The van der Waals surface area contributed by atoms with Gasteiger partial charge < -0.3 is 5.73 Å². The fraction of sp³-hybridized carbons (Fsp3) is 0.357. The lowest BCUT2D eigenvalue weighted by Crippen LogP contribution is -2.18. The average molecular weight is 325 g/mol. The van der Waals surface area contributed by atoms with Crippen molar-refractivity contribution in [3.05, 3.63) is 39.8 Å². The van der Waals surface area contributed by atoms with E-state index in [4.69, 9.17) is 10.7 Å². The van der Waals surface area contributed by atoms with Gasteiger partial charge in [-0.1, -0.05) is 41.9 Å². The first kappa shape index (κ1) is 13.7. The monoisotopic (exact) mass is 324 g/mol. The number of nitrogens with zero attached hydrogens (tertiary/aromatic N) is 1.